The Morgan fingerprint density at radius 1 is 1.13 bits per heavy atom. The van der Waals surface area contributed by atoms with E-state index in [0.717, 1.165) is 24.2 Å². The highest BCUT2D eigenvalue weighted by Crippen LogP contribution is 2.61. The summed E-state index contributed by atoms with van der Waals surface area (Å²) in [6.45, 7) is 5.68. The van der Waals surface area contributed by atoms with Gasteiger partial charge in [0.1, 0.15) is 10.6 Å². The lowest BCUT2D eigenvalue weighted by Gasteiger charge is -2.59. The van der Waals surface area contributed by atoms with Gasteiger partial charge in [-0.15, -0.1) is 0 Å². The van der Waals surface area contributed by atoms with Crippen molar-refractivity contribution in [3.8, 4) is 5.75 Å². The summed E-state index contributed by atoms with van der Waals surface area (Å²) in [5, 5.41) is 3.30. The van der Waals surface area contributed by atoms with Crippen LogP contribution in [0.5, 0.6) is 5.75 Å². The SMILES string of the molecule is CCC(NC(=O)c1ccc(OC)c(S(=O)(=O)NC(C)C)c1)C12CC3CC(CC(C3)C1)C2. The Balaban J connectivity index is 1.57. The zero-order chi connectivity index (χ0) is 22.4. The number of methoxy groups -OCH3 is 1. The van der Waals surface area contributed by atoms with Crippen LogP contribution < -0.4 is 14.8 Å². The van der Waals surface area contributed by atoms with Crippen LogP contribution in [0, 0.1) is 23.2 Å². The highest BCUT2D eigenvalue weighted by Gasteiger charge is 2.54. The standard InChI is InChI=1S/C24H36N2O4S/c1-5-22(24-12-16-8-17(13-24)10-18(9-16)14-24)25-23(27)19-6-7-20(30-4)21(11-19)31(28,29)26-15(2)3/h6-7,11,15-18,22,26H,5,8-10,12-14H2,1-4H3,(H,25,27). The highest BCUT2D eigenvalue weighted by atomic mass is 32.2. The van der Waals surface area contributed by atoms with Crippen LogP contribution in [-0.4, -0.2) is 33.5 Å². The second-order valence-electron chi connectivity index (χ2n) is 10.4. The molecule has 4 aliphatic rings. The number of sulfonamides is 1. The molecule has 4 fully saturated rings. The number of hydrogen-bond donors (Lipinski definition) is 2. The van der Waals surface area contributed by atoms with E-state index in [1.54, 1.807) is 26.0 Å². The lowest BCUT2D eigenvalue weighted by molar-refractivity contribution is -0.0727. The van der Waals surface area contributed by atoms with Gasteiger partial charge in [-0.2, -0.15) is 0 Å². The Bertz CT molecular complexity index is 906. The molecule has 0 aromatic heterocycles. The van der Waals surface area contributed by atoms with Crippen molar-refractivity contribution in [1.29, 1.82) is 0 Å². The Morgan fingerprint density at radius 3 is 2.19 bits per heavy atom. The van der Waals surface area contributed by atoms with Gasteiger partial charge in [-0.1, -0.05) is 6.92 Å². The van der Waals surface area contributed by atoms with Crippen LogP contribution >= 0.6 is 0 Å². The van der Waals surface area contributed by atoms with Gasteiger partial charge in [0.15, 0.2) is 0 Å². The molecule has 31 heavy (non-hydrogen) atoms. The first-order chi connectivity index (χ1) is 14.7. The molecule has 0 aliphatic heterocycles. The third kappa shape index (κ3) is 4.36. The van der Waals surface area contributed by atoms with Gasteiger partial charge in [0.05, 0.1) is 7.11 Å². The van der Waals surface area contributed by atoms with E-state index in [1.165, 1.54) is 51.7 Å². The summed E-state index contributed by atoms with van der Waals surface area (Å²) >= 11 is 0. The number of carbonyl (C=O) groups is 1. The third-order valence-corrected chi connectivity index (χ3v) is 9.32. The van der Waals surface area contributed by atoms with Crippen molar-refractivity contribution in [2.24, 2.45) is 23.2 Å². The quantitative estimate of drug-likeness (QED) is 0.627. The van der Waals surface area contributed by atoms with Gasteiger partial charge >= 0.3 is 0 Å². The average molecular weight is 449 g/mol. The monoisotopic (exact) mass is 448 g/mol. The smallest absolute Gasteiger partial charge is 0.251 e. The molecule has 4 aliphatic carbocycles. The predicted molar refractivity (Wildman–Crippen MR) is 121 cm³/mol. The molecule has 7 heteroatoms. The highest BCUT2D eigenvalue weighted by molar-refractivity contribution is 7.89. The zero-order valence-corrected chi connectivity index (χ0v) is 19.9. The summed E-state index contributed by atoms with van der Waals surface area (Å²) in [6, 6.07) is 4.52. The minimum Gasteiger partial charge on any atom is -0.495 e. The minimum absolute atomic E-state index is 0.000738. The number of carbonyl (C=O) groups excluding carboxylic acids is 1. The molecular weight excluding hydrogens is 412 g/mol. The van der Waals surface area contributed by atoms with Crippen LogP contribution in [0.1, 0.15) is 76.1 Å². The van der Waals surface area contributed by atoms with Crippen LogP contribution in [0.2, 0.25) is 0 Å². The summed E-state index contributed by atoms with van der Waals surface area (Å²) in [5.41, 5.74) is 0.563. The van der Waals surface area contributed by atoms with E-state index in [9.17, 15) is 13.2 Å². The van der Waals surface area contributed by atoms with Crippen molar-refractivity contribution >= 4 is 15.9 Å². The maximum Gasteiger partial charge on any atom is 0.251 e. The van der Waals surface area contributed by atoms with Gasteiger partial charge < -0.3 is 10.1 Å². The van der Waals surface area contributed by atoms with Gasteiger partial charge in [0, 0.05) is 17.6 Å². The number of benzene rings is 1. The van der Waals surface area contributed by atoms with E-state index in [0.29, 0.717) is 5.56 Å². The Labute approximate surface area is 186 Å². The van der Waals surface area contributed by atoms with E-state index in [4.69, 9.17) is 4.74 Å². The number of ether oxygens (including phenoxy) is 1. The maximum atomic E-state index is 13.2. The van der Waals surface area contributed by atoms with Crippen molar-refractivity contribution in [3.63, 3.8) is 0 Å². The molecule has 2 N–H and O–H groups in total. The first-order valence-electron chi connectivity index (χ1n) is 11.7. The fourth-order valence-corrected chi connectivity index (χ4v) is 8.38. The fraction of sp³-hybridized carbons (Fsp3) is 0.708. The number of nitrogens with one attached hydrogen (secondary N) is 2. The third-order valence-electron chi connectivity index (χ3n) is 7.64. The van der Waals surface area contributed by atoms with Crippen LogP contribution in [0.25, 0.3) is 0 Å². The number of amides is 1. The molecule has 0 heterocycles. The number of hydrogen-bond acceptors (Lipinski definition) is 4. The number of rotatable bonds is 8. The Morgan fingerprint density at radius 2 is 1.71 bits per heavy atom. The summed E-state index contributed by atoms with van der Waals surface area (Å²) in [5.74, 6) is 2.48. The average Bonchev–Trinajstić information content (AvgIpc) is 2.69. The lowest BCUT2D eigenvalue weighted by Crippen LogP contribution is -2.56. The topological polar surface area (TPSA) is 84.5 Å². The summed E-state index contributed by atoms with van der Waals surface area (Å²) in [6.07, 6.45) is 8.66. The van der Waals surface area contributed by atoms with Crippen molar-refractivity contribution in [2.75, 3.05) is 7.11 Å². The first-order valence-corrected chi connectivity index (χ1v) is 13.2. The van der Waals surface area contributed by atoms with E-state index >= 15 is 0 Å². The van der Waals surface area contributed by atoms with Gasteiger partial charge in [0.25, 0.3) is 5.91 Å². The van der Waals surface area contributed by atoms with E-state index < -0.39 is 10.0 Å². The lowest BCUT2D eigenvalue weighted by atomic mass is 9.47. The molecule has 4 saturated carbocycles. The van der Waals surface area contributed by atoms with Gasteiger partial charge in [-0.05, 0) is 100 Å². The molecule has 1 aromatic rings. The fourth-order valence-electron chi connectivity index (χ4n) is 6.94. The van der Waals surface area contributed by atoms with Crippen molar-refractivity contribution in [3.05, 3.63) is 23.8 Å². The van der Waals surface area contributed by atoms with Gasteiger partial charge in [-0.25, -0.2) is 13.1 Å². The molecule has 1 unspecified atom stereocenters. The second kappa shape index (κ2) is 8.39. The van der Waals surface area contributed by atoms with Crippen molar-refractivity contribution in [1.82, 2.24) is 10.0 Å². The van der Waals surface area contributed by atoms with Crippen LogP contribution in [0.3, 0.4) is 0 Å². The molecule has 1 aromatic carbocycles. The molecule has 0 saturated heterocycles. The van der Waals surface area contributed by atoms with E-state index in [-0.39, 0.29) is 34.1 Å². The molecule has 4 bridgehead atoms. The van der Waals surface area contributed by atoms with Crippen LogP contribution in [0.4, 0.5) is 0 Å². The largest absolute Gasteiger partial charge is 0.495 e. The predicted octanol–water partition coefficient (Wildman–Crippen LogP) is 4.11. The molecule has 1 amide bonds. The molecule has 5 rings (SSSR count). The van der Waals surface area contributed by atoms with Crippen molar-refractivity contribution < 1.29 is 17.9 Å². The zero-order valence-electron chi connectivity index (χ0n) is 19.1. The Hall–Kier alpha value is -1.60. The molecule has 0 radical (unpaired) electrons. The van der Waals surface area contributed by atoms with Crippen LogP contribution in [-0.2, 0) is 10.0 Å². The van der Waals surface area contributed by atoms with E-state index in [1.807, 2.05) is 0 Å². The van der Waals surface area contributed by atoms with Crippen molar-refractivity contribution in [2.45, 2.75) is 82.7 Å². The summed E-state index contributed by atoms with van der Waals surface area (Å²) < 4.78 is 33.4. The van der Waals surface area contributed by atoms with Crippen LogP contribution in [0.15, 0.2) is 23.1 Å². The molecular formula is C24H36N2O4S. The second-order valence-corrected chi connectivity index (χ2v) is 12.0. The van der Waals surface area contributed by atoms with Gasteiger partial charge in [-0.3, -0.25) is 4.79 Å². The molecule has 6 nitrogen and oxygen atoms in total. The van der Waals surface area contributed by atoms with E-state index in [2.05, 4.69) is 17.0 Å². The summed E-state index contributed by atoms with van der Waals surface area (Å²) in [7, 11) is -2.35. The minimum atomic E-state index is -3.78. The first kappa shape index (κ1) is 22.6. The maximum absolute atomic E-state index is 13.2. The molecule has 1 atom stereocenters. The normalized spacial score (nSPS) is 30.4. The molecule has 0 spiro atoms. The summed E-state index contributed by atoms with van der Waals surface area (Å²) in [4.78, 5) is 13.2. The molecule has 172 valence electrons. The Kier molecular flexibility index (Phi) is 6.12. The van der Waals surface area contributed by atoms with Gasteiger partial charge in [0.2, 0.25) is 10.0 Å².